The molecule has 1 unspecified atom stereocenters. The molecule has 0 amide bonds. The van der Waals surface area contributed by atoms with E-state index in [0.29, 0.717) is 0 Å². The second kappa shape index (κ2) is 5.37. The van der Waals surface area contributed by atoms with Crippen LogP contribution in [0.2, 0.25) is 0 Å². The van der Waals surface area contributed by atoms with Crippen molar-refractivity contribution < 1.29 is 24.7 Å². The van der Waals surface area contributed by atoms with Gasteiger partial charge in [-0.1, -0.05) is 13.0 Å². The molecule has 18 heavy (non-hydrogen) atoms. The average Bonchev–Trinajstić information content (AvgIpc) is 2.35. The molecule has 0 fully saturated rings. The van der Waals surface area contributed by atoms with Crippen LogP contribution in [0.25, 0.3) is 0 Å². The molecule has 1 atom stereocenters. The van der Waals surface area contributed by atoms with Crippen molar-refractivity contribution in [3.8, 4) is 0 Å². The van der Waals surface area contributed by atoms with E-state index in [2.05, 4.69) is 0 Å². The monoisotopic (exact) mass is 253 g/mol. The number of hydrogen-bond acceptors (Lipinski definition) is 5. The standard InChI is InChI=1S/C11H11NO6/c1-2-9(13)6-3-4-7(10(14)11(15)16)8(5-6)12(17)18/h3-5,10,14H,2H2,1H3,(H,15,16). The van der Waals surface area contributed by atoms with E-state index in [1.807, 2.05) is 0 Å². The number of carboxylic acids is 1. The summed E-state index contributed by atoms with van der Waals surface area (Å²) in [4.78, 5) is 32.0. The minimum Gasteiger partial charge on any atom is -0.479 e. The average molecular weight is 253 g/mol. The van der Waals surface area contributed by atoms with Crippen LogP contribution in [0.1, 0.15) is 35.4 Å². The number of carbonyl (C=O) groups excluding carboxylic acids is 1. The van der Waals surface area contributed by atoms with Gasteiger partial charge in [-0.15, -0.1) is 0 Å². The normalized spacial score (nSPS) is 11.9. The molecule has 7 heteroatoms. The number of nitrogens with zero attached hydrogens (tertiary/aromatic N) is 1. The molecule has 1 aromatic carbocycles. The highest BCUT2D eigenvalue weighted by Crippen LogP contribution is 2.27. The van der Waals surface area contributed by atoms with Gasteiger partial charge >= 0.3 is 5.97 Å². The summed E-state index contributed by atoms with van der Waals surface area (Å²) < 4.78 is 0. The Kier molecular flexibility index (Phi) is 4.11. The molecule has 0 aliphatic carbocycles. The number of nitro groups is 1. The fraction of sp³-hybridized carbons (Fsp3) is 0.273. The Morgan fingerprint density at radius 3 is 2.50 bits per heavy atom. The zero-order chi connectivity index (χ0) is 13.9. The van der Waals surface area contributed by atoms with Crippen molar-refractivity contribution in [2.45, 2.75) is 19.4 Å². The van der Waals surface area contributed by atoms with Gasteiger partial charge in [-0.25, -0.2) is 4.79 Å². The Morgan fingerprint density at radius 2 is 2.06 bits per heavy atom. The maximum Gasteiger partial charge on any atom is 0.337 e. The zero-order valence-corrected chi connectivity index (χ0v) is 9.49. The molecule has 0 heterocycles. The van der Waals surface area contributed by atoms with E-state index in [1.165, 1.54) is 6.07 Å². The Labute approximate surface area is 102 Å². The first-order valence-corrected chi connectivity index (χ1v) is 5.10. The first-order valence-electron chi connectivity index (χ1n) is 5.10. The van der Waals surface area contributed by atoms with Crippen LogP contribution in [0.3, 0.4) is 0 Å². The third-order valence-corrected chi connectivity index (χ3v) is 2.40. The molecule has 0 bridgehead atoms. The van der Waals surface area contributed by atoms with Crippen LogP contribution in [-0.4, -0.2) is 26.9 Å². The first kappa shape index (κ1) is 13.8. The molecule has 0 saturated carbocycles. The smallest absolute Gasteiger partial charge is 0.337 e. The van der Waals surface area contributed by atoms with E-state index in [0.717, 1.165) is 12.1 Å². The molecule has 0 spiro atoms. The number of carboxylic acid groups (broad SMARTS) is 1. The molecule has 1 rings (SSSR count). The van der Waals surface area contributed by atoms with E-state index in [4.69, 9.17) is 5.11 Å². The molecule has 2 N–H and O–H groups in total. The van der Waals surface area contributed by atoms with E-state index in [1.54, 1.807) is 6.92 Å². The number of benzene rings is 1. The van der Waals surface area contributed by atoms with Crippen LogP contribution in [0.4, 0.5) is 5.69 Å². The Balaban J connectivity index is 3.33. The van der Waals surface area contributed by atoms with Crippen molar-refractivity contribution in [3.05, 3.63) is 39.4 Å². The molecule has 7 nitrogen and oxygen atoms in total. The van der Waals surface area contributed by atoms with Crippen LogP contribution in [0.15, 0.2) is 18.2 Å². The molecule has 96 valence electrons. The highest BCUT2D eigenvalue weighted by Gasteiger charge is 2.26. The summed E-state index contributed by atoms with van der Waals surface area (Å²) in [5.74, 6) is -1.89. The van der Waals surface area contributed by atoms with Gasteiger partial charge in [0.05, 0.1) is 10.5 Å². The van der Waals surface area contributed by atoms with Gasteiger partial charge in [-0.2, -0.15) is 0 Å². The van der Waals surface area contributed by atoms with E-state index >= 15 is 0 Å². The molecular weight excluding hydrogens is 242 g/mol. The zero-order valence-electron chi connectivity index (χ0n) is 9.49. The van der Waals surface area contributed by atoms with Gasteiger partial charge in [0.15, 0.2) is 11.9 Å². The third-order valence-electron chi connectivity index (χ3n) is 2.40. The van der Waals surface area contributed by atoms with Gasteiger partial charge in [0, 0.05) is 18.1 Å². The number of ketones is 1. The number of Topliss-reactive ketones (excluding diaryl/α,β-unsaturated/α-hetero) is 1. The molecule has 0 saturated heterocycles. The topological polar surface area (TPSA) is 118 Å². The molecular formula is C11H11NO6. The van der Waals surface area contributed by atoms with Crippen molar-refractivity contribution in [2.75, 3.05) is 0 Å². The first-order chi connectivity index (χ1) is 8.38. The van der Waals surface area contributed by atoms with Crippen LogP contribution in [-0.2, 0) is 4.79 Å². The number of rotatable bonds is 5. The van der Waals surface area contributed by atoms with Crippen molar-refractivity contribution >= 4 is 17.4 Å². The second-order valence-corrected chi connectivity index (χ2v) is 3.55. The molecule has 0 aliphatic rings. The predicted octanol–water partition coefficient (Wildman–Crippen LogP) is 1.31. The number of carbonyl (C=O) groups is 2. The highest BCUT2D eigenvalue weighted by atomic mass is 16.6. The van der Waals surface area contributed by atoms with Crippen molar-refractivity contribution in [1.82, 2.24) is 0 Å². The van der Waals surface area contributed by atoms with Crippen LogP contribution < -0.4 is 0 Å². The Morgan fingerprint density at radius 1 is 1.44 bits per heavy atom. The van der Waals surface area contributed by atoms with Gasteiger partial charge in [0.1, 0.15) is 0 Å². The molecule has 0 radical (unpaired) electrons. The lowest BCUT2D eigenvalue weighted by Crippen LogP contribution is -2.13. The summed E-state index contributed by atoms with van der Waals surface area (Å²) >= 11 is 0. The summed E-state index contributed by atoms with van der Waals surface area (Å²) in [6.45, 7) is 1.61. The maximum absolute atomic E-state index is 11.4. The van der Waals surface area contributed by atoms with Crippen LogP contribution in [0, 0.1) is 10.1 Å². The van der Waals surface area contributed by atoms with Gasteiger partial charge in [-0.05, 0) is 6.07 Å². The van der Waals surface area contributed by atoms with Crippen molar-refractivity contribution in [3.63, 3.8) is 0 Å². The summed E-state index contributed by atoms with van der Waals surface area (Å²) in [5, 5.41) is 28.8. The van der Waals surface area contributed by atoms with E-state index < -0.39 is 22.7 Å². The van der Waals surface area contributed by atoms with Gasteiger partial charge in [0.25, 0.3) is 5.69 Å². The summed E-state index contributed by atoms with van der Waals surface area (Å²) in [6, 6.07) is 3.33. The van der Waals surface area contributed by atoms with E-state index in [-0.39, 0.29) is 23.3 Å². The lowest BCUT2D eigenvalue weighted by atomic mass is 10.0. The predicted molar refractivity (Wildman–Crippen MR) is 60.3 cm³/mol. The van der Waals surface area contributed by atoms with Gasteiger partial charge < -0.3 is 10.2 Å². The minimum atomic E-state index is -1.99. The number of nitro benzene ring substituents is 1. The van der Waals surface area contributed by atoms with Gasteiger partial charge in [0.2, 0.25) is 0 Å². The molecule has 1 aromatic rings. The van der Waals surface area contributed by atoms with Crippen LogP contribution in [0.5, 0.6) is 0 Å². The number of hydrogen-bond donors (Lipinski definition) is 2. The number of aliphatic hydroxyl groups is 1. The fourth-order valence-electron chi connectivity index (χ4n) is 1.44. The third kappa shape index (κ3) is 2.69. The Hall–Kier alpha value is -2.28. The molecule has 0 aliphatic heterocycles. The number of aliphatic carboxylic acids is 1. The summed E-state index contributed by atoms with van der Waals surface area (Å²) in [7, 11) is 0. The van der Waals surface area contributed by atoms with Gasteiger partial charge in [-0.3, -0.25) is 14.9 Å². The largest absolute Gasteiger partial charge is 0.479 e. The maximum atomic E-state index is 11.4. The summed E-state index contributed by atoms with van der Waals surface area (Å²) in [5.41, 5.74) is -0.810. The quantitative estimate of drug-likeness (QED) is 0.464. The Bertz CT molecular complexity index is 510. The van der Waals surface area contributed by atoms with Crippen molar-refractivity contribution in [1.29, 1.82) is 0 Å². The van der Waals surface area contributed by atoms with Crippen molar-refractivity contribution in [2.24, 2.45) is 0 Å². The second-order valence-electron chi connectivity index (χ2n) is 3.55. The summed E-state index contributed by atoms with van der Waals surface area (Å²) in [6.07, 6.45) is -1.81. The highest BCUT2D eigenvalue weighted by molar-refractivity contribution is 5.96. The van der Waals surface area contributed by atoms with E-state index in [9.17, 15) is 24.8 Å². The number of aliphatic hydroxyl groups excluding tert-OH is 1. The lowest BCUT2D eigenvalue weighted by molar-refractivity contribution is -0.386. The fourth-order valence-corrected chi connectivity index (χ4v) is 1.44. The lowest BCUT2D eigenvalue weighted by Gasteiger charge is -2.07. The molecule has 0 aromatic heterocycles. The minimum absolute atomic E-state index is 0.116. The SMILES string of the molecule is CCC(=O)c1ccc(C(O)C(=O)O)c([N+](=O)[O-])c1. The van der Waals surface area contributed by atoms with Crippen LogP contribution >= 0.6 is 0 Å².